The van der Waals surface area contributed by atoms with E-state index in [2.05, 4.69) is 27.9 Å². The van der Waals surface area contributed by atoms with Gasteiger partial charge in [0, 0.05) is 22.6 Å². The summed E-state index contributed by atoms with van der Waals surface area (Å²) in [7, 11) is 0. The molecule has 0 saturated carbocycles. The van der Waals surface area contributed by atoms with Gasteiger partial charge in [0.1, 0.15) is 23.0 Å². The number of hydrogen-bond donors (Lipinski definition) is 1. The lowest BCUT2D eigenvalue weighted by Gasteiger charge is -2.20. The Morgan fingerprint density at radius 2 is 1.78 bits per heavy atom. The van der Waals surface area contributed by atoms with E-state index in [9.17, 15) is 18.0 Å². The molecule has 0 aromatic heterocycles. The van der Waals surface area contributed by atoms with Crippen LogP contribution in [-0.2, 0) is 0 Å². The average molecular weight is 371 g/mol. The van der Waals surface area contributed by atoms with Crippen molar-refractivity contribution in [2.45, 2.75) is 19.9 Å². The summed E-state index contributed by atoms with van der Waals surface area (Å²) >= 11 is 2.08. The third-order valence-corrected chi connectivity index (χ3v) is 3.47. The first-order valence-corrected chi connectivity index (χ1v) is 6.90. The Labute approximate surface area is 117 Å². The Morgan fingerprint density at radius 1 is 1.28 bits per heavy atom. The highest BCUT2D eigenvalue weighted by Crippen LogP contribution is 2.15. The van der Waals surface area contributed by atoms with E-state index in [4.69, 9.17) is 0 Å². The molecule has 1 aromatic carbocycles. The van der Waals surface area contributed by atoms with Crippen LogP contribution in [0, 0.1) is 23.4 Å². The molecule has 0 aliphatic heterocycles. The summed E-state index contributed by atoms with van der Waals surface area (Å²) in [6.07, 6.45) is 0. The fraction of sp³-hybridized carbons (Fsp3) is 0.417. The Hall–Kier alpha value is -0.790. The average Bonchev–Trinajstić information content (AvgIpc) is 2.23. The van der Waals surface area contributed by atoms with Crippen LogP contribution in [0.3, 0.4) is 0 Å². The topological polar surface area (TPSA) is 29.1 Å². The molecule has 0 fully saturated rings. The summed E-state index contributed by atoms with van der Waals surface area (Å²) in [4.78, 5) is 11.8. The first-order valence-electron chi connectivity index (χ1n) is 5.38. The van der Waals surface area contributed by atoms with Crippen molar-refractivity contribution in [3.63, 3.8) is 0 Å². The fourth-order valence-corrected chi connectivity index (χ4v) is 2.62. The maximum atomic E-state index is 13.4. The zero-order valence-corrected chi connectivity index (χ0v) is 12.1. The summed E-state index contributed by atoms with van der Waals surface area (Å²) in [6.45, 7) is 3.78. The van der Waals surface area contributed by atoms with E-state index in [0.717, 1.165) is 0 Å². The molecule has 1 aromatic rings. The molecule has 6 heteroatoms. The molecule has 0 spiro atoms. The fourth-order valence-electron chi connectivity index (χ4n) is 1.38. The summed E-state index contributed by atoms with van der Waals surface area (Å²) in [5, 5.41) is 2.53. The van der Waals surface area contributed by atoms with Gasteiger partial charge in [-0.2, -0.15) is 0 Å². The predicted octanol–water partition coefficient (Wildman–Crippen LogP) is 3.29. The van der Waals surface area contributed by atoms with Gasteiger partial charge in [-0.25, -0.2) is 13.2 Å². The lowest BCUT2D eigenvalue weighted by molar-refractivity contribution is 0.0923. The van der Waals surface area contributed by atoms with Gasteiger partial charge in [0.25, 0.3) is 5.91 Å². The summed E-state index contributed by atoms with van der Waals surface area (Å²) in [5.41, 5.74) is -0.744. The SMILES string of the molecule is CC(C)C(CI)NC(=O)c1c(F)cc(F)cc1F. The molecule has 1 atom stereocenters. The molecule has 0 radical (unpaired) electrons. The molecule has 100 valence electrons. The number of rotatable bonds is 4. The zero-order chi connectivity index (χ0) is 13.9. The standard InChI is InChI=1S/C12H13F3INO/c1-6(2)10(5-16)17-12(18)11-8(14)3-7(13)4-9(11)15/h3-4,6,10H,5H2,1-2H3,(H,17,18). The van der Waals surface area contributed by atoms with Crippen molar-refractivity contribution in [3.05, 3.63) is 35.1 Å². The molecule has 1 unspecified atom stereocenters. The molecule has 1 rings (SSSR count). The Balaban J connectivity index is 2.98. The van der Waals surface area contributed by atoms with Crippen molar-refractivity contribution < 1.29 is 18.0 Å². The highest BCUT2D eigenvalue weighted by atomic mass is 127. The van der Waals surface area contributed by atoms with Crippen molar-refractivity contribution in [2.75, 3.05) is 4.43 Å². The minimum Gasteiger partial charge on any atom is -0.348 e. The van der Waals surface area contributed by atoms with Gasteiger partial charge in [-0.3, -0.25) is 4.79 Å². The second-order valence-corrected chi connectivity index (χ2v) is 5.10. The third-order valence-electron chi connectivity index (χ3n) is 2.52. The molecule has 1 amide bonds. The van der Waals surface area contributed by atoms with Crippen LogP contribution < -0.4 is 5.32 Å². The number of halogens is 4. The van der Waals surface area contributed by atoms with Crippen LogP contribution in [0.1, 0.15) is 24.2 Å². The highest BCUT2D eigenvalue weighted by molar-refractivity contribution is 14.1. The molecule has 0 aliphatic rings. The van der Waals surface area contributed by atoms with E-state index < -0.39 is 28.9 Å². The molecule has 1 N–H and O–H groups in total. The number of alkyl halides is 1. The van der Waals surface area contributed by atoms with Crippen molar-refractivity contribution in [1.82, 2.24) is 5.32 Å². The van der Waals surface area contributed by atoms with Gasteiger partial charge >= 0.3 is 0 Å². The van der Waals surface area contributed by atoms with Crippen LogP contribution in [0.2, 0.25) is 0 Å². The normalized spacial score (nSPS) is 12.6. The summed E-state index contributed by atoms with van der Waals surface area (Å²) < 4.78 is 40.1. The quantitative estimate of drug-likeness (QED) is 0.639. The van der Waals surface area contributed by atoms with Gasteiger partial charge < -0.3 is 5.32 Å². The van der Waals surface area contributed by atoms with Crippen molar-refractivity contribution in [2.24, 2.45) is 5.92 Å². The number of carbonyl (C=O) groups excluding carboxylic acids is 1. The van der Waals surface area contributed by atoms with E-state index in [0.29, 0.717) is 16.6 Å². The first kappa shape index (κ1) is 15.3. The monoisotopic (exact) mass is 371 g/mol. The van der Waals surface area contributed by atoms with E-state index >= 15 is 0 Å². The van der Waals surface area contributed by atoms with Gasteiger partial charge in [-0.05, 0) is 5.92 Å². The predicted molar refractivity (Wildman–Crippen MR) is 71.3 cm³/mol. The molecule has 0 aliphatic carbocycles. The molecule has 18 heavy (non-hydrogen) atoms. The van der Waals surface area contributed by atoms with E-state index in [1.807, 2.05) is 13.8 Å². The Morgan fingerprint density at radius 3 is 2.17 bits per heavy atom. The van der Waals surface area contributed by atoms with Crippen LogP contribution in [0.4, 0.5) is 13.2 Å². The van der Waals surface area contributed by atoms with Crippen molar-refractivity contribution in [3.8, 4) is 0 Å². The molecular formula is C12H13F3INO. The van der Waals surface area contributed by atoms with Crippen molar-refractivity contribution in [1.29, 1.82) is 0 Å². The number of nitrogens with one attached hydrogen (secondary N) is 1. The van der Waals surface area contributed by atoms with Gasteiger partial charge in [0.15, 0.2) is 0 Å². The molecule has 0 saturated heterocycles. The van der Waals surface area contributed by atoms with Crippen molar-refractivity contribution >= 4 is 28.5 Å². The number of amides is 1. The number of benzene rings is 1. The first-order chi connectivity index (χ1) is 8.36. The van der Waals surface area contributed by atoms with Crippen LogP contribution in [-0.4, -0.2) is 16.4 Å². The summed E-state index contributed by atoms with van der Waals surface area (Å²) in [6, 6.07) is 0.792. The Kier molecular flexibility index (Phi) is 5.43. The second-order valence-electron chi connectivity index (χ2n) is 4.22. The molecule has 0 bridgehead atoms. The van der Waals surface area contributed by atoms with Crippen LogP contribution in [0.25, 0.3) is 0 Å². The van der Waals surface area contributed by atoms with E-state index in [1.165, 1.54) is 0 Å². The van der Waals surface area contributed by atoms with E-state index in [1.54, 1.807) is 0 Å². The van der Waals surface area contributed by atoms with Gasteiger partial charge in [0.2, 0.25) is 0 Å². The summed E-state index contributed by atoms with van der Waals surface area (Å²) in [5.74, 6) is -4.16. The van der Waals surface area contributed by atoms with Gasteiger partial charge in [-0.1, -0.05) is 36.4 Å². The lowest BCUT2D eigenvalue weighted by atomic mass is 10.1. The largest absolute Gasteiger partial charge is 0.348 e. The van der Waals surface area contributed by atoms with E-state index in [-0.39, 0.29) is 12.0 Å². The Bertz CT molecular complexity index is 428. The number of carbonyl (C=O) groups is 1. The van der Waals surface area contributed by atoms with Gasteiger partial charge in [0.05, 0.1) is 0 Å². The smallest absolute Gasteiger partial charge is 0.257 e. The minimum absolute atomic E-state index is 0.137. The third kappa shape index (κ3) is 3.60. The molecule has 2 nitrogen and oxygen atoms in total. The van der Waals surface area contributed by atoms with Gasteiger partial charge in [-0.15, -0.1) is 0 Å². The van der Waals surface area contributed by atoms with Crippen LogP contribution in [0.5, 0.6) is 0 Å². The maximum absolute atomic E-state index is 13.4. The number of hydrogen-bond acceptors (Lipinski definition) is 1. The van der Waals surface area contributed by atoms with Crippen LogP contribution in [0.15, 0.2) is 12.1 Å². The highest BCUT2D eigenvalue weighted by Gasteiger charge is 2.22. The molecule has 0 heterocycles. The minimum atomic E-state index is -1.19. The zero-order valence-electron chi connectivity index (χ0n) is 9.94. The molecular weight excluding hydrogens is 358 g/mol. The van der Waals surface area contributed by atoms with Crippen LogP contribution >= 0.6 is 22.6 Å². The lowest BCUT2D eigenvalue weighted by Crippen LogP contribution is -2.40. The second kappa shape index (κ2) is 6.40. The maximum Gasteiger partial charge on any atom is 0.257 e.